The molecule has 0 aliphatic carbocycles. The summed E-state index contributed by atoms with van der Waals surface area (Å²) < 4.78 is 5.01. The average Bonchev–Trinajstić information content (AvgIpc) is 2.52. The molecule has 0 saturated heterocycles. The van der Waals surface area contributed by atoms with E-state index >= 15 is 0 Å². The molecular weight excluding hydrogens is 156 g/mol. The van der Waals surface area contributed by atoms with Gasteiger partial charge in [0.25, 0.3) is 0 Å². The minimum atomic E-state index is -0.322. The number of rotatable bonds is 3. The molecule has 0 spiro atoms. The summed E-state index contributed by atoms with van der Waals surface area (Å²) >= 11 is 0. The molecule has 0 amide bonds. The van der Waals surface area contributed by atoms with Crippen molar-refractivity contribution in [2.75, 3.05) is 6.61 Å². The lowest BCUT2D eigenvalue weighted by molar-refractivity contribution is 0.268. The van der Waals surface area contributed by atoms with Crippen molar-refractivity contribution in [3.63, 3.8) is 0 Å². The van der Waals surface area contributed by atoms with Gasteiger partial charge in [-0.1, -0.05) is 0 Å². The Labute approximate surface area is 70.2 Å². The van der Waals surface area contributed by atoms with Crippen molar-refractivity contribution in [3.05, 3.63) is 23.7 Å². The molecule has 1 rings (SSSR count). The van der Waals surface area contributed by atoms with E-state index in [9.17, 15) is 0 Å². The normalized spacial score (nSPS) is 12.4. The number of hydrogen-bond acceptors (Lipinski definition) is 4. The maximum absolute atomic E-state index is 8.58. The van der Waals surface area contributed by atoms with Crippen LogP contribution in [0.5, 0.6) is 0 Å². The lowest BCUT2D eigenvalue weighted by Gasteiger charge is -2.04. The molecule has 0 aliphatic heterocycles. The van der Waals surface area contributed by atoms with Crippen LogP contribution in [0.15, 0.2) is 16.7 Å². The van der Waals surface area contributed by atoms with Crippen molar-refractivity contribution in [1.82, 2.24) is 0 Å². The standard InChI is InChI=1S/C8H10N2O2/c9-4-6-3-8(12-5-6)7(10)1-2-11/h3,5,7,11H,1-2,10H2. The molecule has 1 unspecified atom stereocenters. The lowest BCUT2D eigenvalue weighted by Crippen LogP contribution is -2.10. The summed E-state index contributed by atoms with van der Waals surface area (Å²) in [6, 6.07) is 3.19. The van der Waals surface area contributed by atoms with E-state index in [1.165, 1.54) is 6.26 Å². The van der Waals surface area contributed by atoms with Crippen molar-refractivity contribution < 1.29 is 9.52 Å². The van der Waals surface area contributed by atoms with E-state index in [2.05, 4.69) is 0 Å². The summed E-state index contributed by atoms with van der Waals surface area (Å²) in [5, 5.41) is 17.0. The van der Waals surface area contributed by atoms with E-state index in [4.69, 9.17) is 20.5 Å². The molecule has 4 heteroatoms. The van der Waals surface area contributed by atoms with E-state index < -0.39 is 0 Å². The zero-order valence-corrected chi connectivity index (χ0v) is 6.53. The molecule has 1 aromatic rings. The van der Waals surface area contributed by atoms with Gasteiger partial charge in [0.1, 0.15) is 18.1 Å². The van der Waals surface area contributed by atoms with Gasteiger partial charge in [0.2, 0.25) is 0 Å². The van der Waals surface area contributed by atoms with Gasteiger partial charge in [-0.05, 0) is 12.5 Å². The van der Waals surface area contributed by atoms with Gasteiger partial charge in [0.05, 0.1) is 11.6 Å². The van der Waals surface area contributed by atoms with Gasteiger partial charge in [0, 0.05) is 6.61 Å². The summed E-state index contributed by atoms with van der Waals surface area (Å²) in [6.07, 6.45) is 1.80. The number of nitrogens with zero attached hydrogens (tertiary/aromatic N) is 1. The molecule has 0 aliphatic rings. The van der Waals surface area contributed by atoms with Gasteiger partial charge in [-0.15, -0.1) is 0 Å². The van der Waals surface area contributed by atoms with Crippen LogP contribution in [0.2, 0.25) is 0 Å². The SMILES string of the molecule is N#Cc1coc(C(N)CCO)c1. The van der Waals surface area contributed by atoms with Crippen molar-refractivity contribution in [2.24, 2.45) is 5.73 Å². The predicted octanol–water partition coefficient (Wildman–Crippen LogP) is 0.533. The first-order valence-corrected chi connectivity index (χ1v) is 3.63. The van der Waals surface area contributed by atoms with Crippen molar-refractivity contribution in [3.8, 4) is 6.07 Å². The van der Waals surface area contributed by atoms with Crippen molar-refractivity contribution >= 4 is 0 Å². The van der Waals surface area contributed by atoms with Crippen LogP contribution in [0.1, 0.15) is 23.8 Å². The highest BCUT2D eigenvalue weighted by atomic mass is 16.3. The lowest BCUT2D eigenvalue weighted by atomic mass is 10.1. The van der Waals surface area contributed by atoms with Crippen LogP contribution in [-0.4, -0.2) is 11.7 Å². The molecule has 0 radical (unpaired) electrons. The first-order chi connectivity index (χ1) is 5.77. The third-order valence-corrected chi connectivity index (χ3v) is 1.55. The monoisotopic (exact) mass is 166 g/mol. The molecule has 0 fully saturated rings. The zero-order valence-electron chi connectivity index (χ0n) is 6.53. The molecule has 0 bridgehead atoms. The van der Waals surface area contributed by atoms with Crippen molar-refractivity contribution in [1.29, 1.82) is 5.26 Å². The molecule has 1 atom stereocenters. The second kappa shape index (κ2) is 3.90. The molecule has 0 saturated carbocycles. The summed E-state index contributed by atoms with van der Waals surface area (Å²) in [6.45, 7) is 0.0176. The second-order valence-electron chi connectivity index (χ2n) is 2.47. The Balaban J connectivity index is 2.69. The molecule has 1 heterocycles. The topological polar surface area (TPSA) is 83.2 Å². The fourth-order valence-corrected chi connectivity index (χ4v) is 0.887. The second-order valence-corrected chi connectivity index (χ2v) is 2.47. The largest absolute Gasteiger partial charge is 0.466 e. The Morgan fingerprint density at radius 1 is 1.75 bits per heavy atom. The number of furan rings is 1. The van der Waals surface area contributed by atoms with Gasteiger partial charge < -0.3 is 15.3 Å². The number of nitriles is 1. The highest BCUT2D eigenvalue weighted by Crippen LogP contribution is 2.16. The van der Waals surface area contributed by atoms with Crippen LogP contribution in [0.25, 0.3) is 0 Å². The number of aliphatic hydroxyl groups is 1. The van der Waals surface area contributed by atoms with E-state index in [1.54, 1.807) is 6.07 Å². The number of hydrogen-bond donors (Lipinski definition) is 2. The van der Waals surface area contributed by atoms with Gasteiger partial charge in [-0.25, -0.2) is 0 Å². The zero-order chi connectivity index (χ0) is 8.97. The third-order valence-electron chi connectivity index (χ3n) is 1.55. The summed E-state index contributed by atoms with van der Waals surface area (Å²) in [5.41, 5.74) is 6.07. The molecule has 1 aromatic heterocycles. The van der Waals surface area contributed by atoms with Gasteiger partial charge >= 0.3 is 0 Å². The first-order valence-electron chi connectivity index (χ1n) is 3.63. The number of nitrogens with two attached hydrogens (primary N) is 1. The van der Waals surface area contributed by atoms with Crippen molar-refractivity contribution in [2.45, 2.75) is 12.5 Å². The van der Waals surface area contributed by atoms with E-state index in [1.807, 2.05) is 6.07 Å². The summed E-state index contributed by atoms with van der Waals surface area (Å²) in [5.74, 6) is 0.542. The Bertz CT molecular complexity index is 287. The summed E-state index contributed by atoms with van der Waals surface area (Å²) in [4.78, 5) is 0. The fraction of sp³-hybridized carbons (Fsp3) is 0.375. The van der Waals surface area contributed by atoms with E-state index in [-0.39, 0.29) is 12.6 Å². The van der Waals surface area contributed by atoms with Crippen LogP contribution < -0.4 is 5.73 Å². The quantitative estimate of drug-likeness (QED) is 0.686. The first kappa shape index (κ1) is 8.78. The Kier molecular flexibility index (Phi) is 2.86. The van der Waals surface area contributed by atoms with Gasteiger partial charge in [-0.3, -0.25) is 0 Å². The highest BCUT2D eigenvalue weighted by molar-refractivity contribution is 5.27. The Morgan fingerprint density at radius 3 is 3.00 bits per heavy atom. The maximum atomic E-state index is 8.58. The minimum absolute atomic E-state index is 0.0176. The van der Waals surface area contributed by atoms with Crippen LogP contribution in [0.4, 0.5) is 0 Å². The van der Waals surface area contributed by atoms with Crippen LogP contribution in [0, 0.1) is 11.3 Å². The predicted molar refractivity (Wildman–Crippen MR) is 42.1 cm³/mol. The van der Waals surface area contributed by atoms with Crippen LogP contribution in [0.3, 0.4) is 0 Å². The molecule has 12 heavy (non-hydrogen) atoms. The Hall–Kier alpha value is -1.31. The van der Waals surface area contributed by atoms with Crippen LogP contribution in [-0.2, 0) is 0 Å². The molecule has 64 valence electrons. The summed E-state index contributed by atoms with van der Waals surface area (Å²) in [7, 11) is 0. The third kappa shape index (κ3) is 1.84. The fourth-order valence-electron chi connectivity index (χ4n) is 0.887. The van der Waals surface area contributed by atoms with E-state index in [0.717, 1.165) is 0 Å². The molecule has 0 aromatic carbocycles. The van der Waals surface area contributed by atoms with Gasteiger partial charge in [0.15, 0.2) is 0 Å². The molecular formula is C8H10N2O2. The highest BCUT2D eigenvalue weighted by Gasteiger charge is 2.09. The Morgan fingerprint density at radius 2 is 2.50 bits per heavy atom. The van der Waals surface area contributed by atoms with Gasteiger partial charge in [-0.2, -0.15) is 5.26 Å². The number of aliphatic hydroxyl groups excluding tert-OH is 1. The molecule has 3 N–H and O–H groups in total. The minimum Gasteiger partial charge on any atom is -0.466 e. The maximum Gasteiger partial charge on any atom is 0.121 e. The van der Waals surface area contributed by atoms with E-state index in [0.29, 0.717) is 17.7 Å². The van der Waals surface area contributed by atoms with Crippen LogP contribution >= 0.6 is 0 Å². The average molecular weight is 166 g/mol. The molecule has 4 nitrogen and oxygen atoms in total. The smallest absolute Gasteiger partial charge is 0.121 e.